The highest BCUT2D eigenvalue weighted by Gasteiger charge is 2.04. The number of aromatic nitrogens is 1. The minimum atomic E-state index is -0.186. The zero-order valence-corrected chi connectivity index (χ0v) is 10.6. The van der Waals surface area contributed by atoms with E-state index in [4.69, 9.17) is 0 Å². The minimum Gasteiger partial charge on any atom is -0.336 e. The van der Waals surface area contributed by atoms with Crippen LogP contribution < -0.4 is 10.6 Å². The van der Waals surface area contributed by atoms with Crippen LogP contribution in [0.15, 0.2) is 48.8 Å². The van der Waals surface area contributed by atoms with Crippen LogP contribution >= 0.6 is 0 Å². The Morgan fingerprint density at radius 1 is 1.17 bits per heavy atom. The molecule has 0 fully saturated rings. The van der Waals surface area contributed by atoms with Gasteiger partial charge < -0.3 is 15.2 Å². The standard InChI is InChI=1S/C14H17N3O/c1-11(2)15-14(18)16-12-6-5-7-13(10-12)17-8-3-4-9-17/h3-11H,1-2H3,(H2,15,16,18). The van der Waals surface area contributed by atoms with Crippen LogP contribution in [0, 0.1) is 0 Å². The summed E-state index contributed by atoms with van der Waals surface area (Å²) in [5, 5.41) is 5.60. The van der Waals surface area contributed by atoms with Crippen molar-refractivity contribution in [1.29, 1.82) is 0 Å². The smallest absolute Gasteiger partial charge is 0.319 e. The molecule has 0 saturated carbocycles. The summed E-state index contributed by atoms with van der Waals surface area (Å²) in [5.74, 6) is 0. The lowest BCUT2D eigenvalue weighted by Gasteiger charge is -2.11. The first kappa shape index (κ1) is 12.2. The summed E-state index contributed by atoms with van der Waals surface area (Å²) in [6, 6.07) is 11.6. The molecule has 0 bridgehead atoms. The number of hydrogen-bond acceptors (Lipinski definition) is 1. The van der Waals surface area contributed by atoms with Crippen LogP contribution in [-0.2, 0) is 0 Å². The lowest BCUT2D eigenvalue weighted by atomic mass is 10.2. The van der Waals surface area contributed by atoms with Crippen LogP contribution in [0.5, 0.6) is 0 Å². The van der Waals surface area contributed by atoms with E-state index in [0.29, 0.717) is 0 Å². The maximum atomic E-state index is 11.6. The Morgan fingerprint density at radius 2 is 1.89 bits per heavy atom. The van der Waals surface area contributed by atoms with Gasteiger partial charge in [-0.05, 0) is 44.2 Å². The Balaban J connectivity index is 2.11. The van der Waals surface area contributed by atoms with Gasteiger partial charge in [-0.15, -0.1) is 0 Å². The van der Waals surface area contributed by atoms with E-state index in [0.717, 1.165) is 11.4 Å². The first-order valence-corrected chi connectivity index (χ1v) is 5.96. The average Bonchev–Trinajstić information content (AvgIpc) is 2.81. The number of nitrogens with zero attached hydrogens (tertiary/aromatic N) is 1. The van der Waals surface area contributed by atoms with Crippen molar-refractivity contribution in [2.24, 2.45) is 0 Å². The SMILES string of the molecule is CC(C)NC(=O)Nc1cccc(-n2cccc2)c1. The fourth-order valence-electron chi connectivity index (χ4n) is 1.68. The molecule has 94 valence electrons. The van der Waals surface area contributed by atoms with Crippen molar-refractivity contribution in [1.82, 2.24) is 9.88 Å². The average molecular weight is 243 g/mol. The highest BCUT2D eigenvalue weighted by atomic mass is 16.2. The Labute approximate surface area is 107 Å². The monoisotopic (exact) mass is 243 g/mol. The number of nitrogens with one attached hydrogen (secondary N) is 2. The molecule has 1 aromatic carbocycles. The molecule has 1 heterocycles. The lowest BCUT2D eigenvalue weighted by molar-refractivity contribution is 0.250. The number of rotatable bonds is 3. The van der Waals surface area contributed by atoms with E-state index < -0.39 is 0 Å². The molecule has 0 saturated heterocycles. The van der Waals surface area contributed by atoms with Gasteiger partial charge in [-0.2, -0.15) is 0 Å². The molecule has 0 atom stereocenters. The van der Waals surface area contributed by atoms with Gasteiger partial charge in [0, 0.05) is 29.8 Å². The van der Waals surface area contributed by atoms with Crippen LogP contribution in [0.4, 0.5) is 10.5 Å². The normalized spacial score (nSPS) is 10.4. The predicted molar refractivity (Wildman–Crippen MR) is 73.1 cm³/mol. The number of carbonyl (C=O) groups is 1. The summed E-state index contributed by atoms with van der Waals surface area (Å²) >= 11 is 0. The molecule has 0 aliphatic rings. The van der Waals surface area contributed by atoms with Crippen molar-refractivity contribution in [2.45, 2.75) is 19.9 Å². The van der Waals surface area contributed by atoms with Crippen LogP contribution in [0.3, 0.4) is 0 Å². The molecular weight excluding hydrogens is 226 g/mol. The second-order valence-electron chi connectivity index (χ2n) is 4.39. The molecule has 0 spiro atoms. The molecule has 0 aliphatic heterocycles. The van der Waals surface area contributed by atoms with Gasteiger partial charge in [-0.3, -0.25) is 0 Å². The molecule has 18 heavy (non-hydrogen) atoms. The number of benzene rings is 1. The van der Waals surface area contributed by atoms with Crippen molar-refractivity contribution >= 4 is 11.7 Å². The van der Waals surface area contributed by atoms with Crippen molar-refractivity contribution < 1.29 is 4.79 Å². The third-order valence-corrected chi connectivity index (χ3v) is 2.43. The van der Waals surface area contributed by atoms with E-state index in [2.05, 4.69) is 10.6 Å². The van der Waals surface area contributed by atoms with Crippen molar-refractivity contribution in [3.8, 4) is 5.69 Å². The Morgan fingerprint density at radius 3 is 2.56 bits per heavy atom. The number of urea groups is 1. The van der Waals surface area contributed by atoms with E-state index in [9.17, 15) is 4.79 Å². The van der Waals surface area contributed by atoms with Crippen molar-refractivity contribution in [3.05, 3.63) is 48.8 Å². The quantitative estimate of drug-likeness (QED) is 0.855. The summed E-state index contributed by atoms with van der Waals surface area (Å²) in [7, 11) is 0. The third-order valence-electron chi connectivity index (χ3n) is 2.43. The van der Waals surface area contributed by atoms with E-state index in [1.807, 2.05) is 67.2 Å². The summed E-state index contributed by atoms with van der Waals surface area (Å²) in [6.07, 6.45) is 3.93. The van der Waals surface area contributed by atoms with Crippen LogP contribution in [0.1, 0.15) is 13.8 Å². The second-order valence-corrected chi connectivity index (χ2v) is 4.39. The zero-order chi connectivity index (χ0) is 13.0. The van der Waals surface area contributed by atoms with Gasteiger partial charge in [0.1, 0.15) is 0 Å². The molecule has 1 aromatic heterocycles. The summed E-state index contributed by atoms with van der Waals surface area (Å²) in [5.41, 5.74) is 1.79. The largest absolute Gasteiger partial charge is 0.336 e. The van der Waals surface area contributed by atoms with E-state index in [1.54, 1.807) is 0 Å². The first-order chi connectivity index (χ1) is 8.65. The third kappa shape index (κ3) is 3.13. The van der Waals surface area contributed by atoms with Gasteiger partial charge in [0.05, 0.1) is 0 Å². The Hall–Kier alpha value is -2.23. The minimum absolute atomic E-state index is 0.123. The first-order valence-electron chi connectivity index (χ1n) is 5.96. The van der Waals surface area contributed by atoms with Crippen molar-refractivity contribution in [2.75, 3.05) is 5.32 Å². The fourth-order valence-corrected chi connectivity index (χ4v) is 1.68. The number of anilines is 1. The predicted octanol–water partition coefficient (Wildman–Crippen LogP) is 3.01. The molecule has 4 nitrogen and oxygen atoms in total. The molecule has 2 aromatic rings. The molecule has 2 amide bonds. The molecular formula is C14H17N3O. The van der Waals surface area contributed by atoms with E-state index >= 15 is 0 Å². The van der Waals surface area contributed by atoms with Crippen LogP contribution in [-0.4, -0.2) is 16.6 Å². The molecule has 0 aliphatic carbocycles. The van der Waals surface area contributed by atoms with Gasteiger partial charge in [0.2, 0.25) is 0 Å². The summed E-state index contributed by atoms with van der Waals surface area (Å²) in [4.78, 5) is 11.6. The van der Waals surface area contributed by atoms with E-state index in [1.165, 1.54) is 0 Å². The van der Waals surface area contributed by atoms with Crippen LogP contribution in [0.25, 0.3) is 5.69 Å². The zero-order valence-electron chi connectivity index (χ0n) is 10.6. The second kappa shape index (κ2) is 5.40. The summed E-state index contributed by atoms with van der Waals surface area (Å²) < 4.78 is 1.99. The Bertz CT molecular complexity index is 518. The highest BCUT2D eigenvalue weighted by molar-refractivity contribution is 5.89. The van der Waals surface area contributed by atoms with E-state index in [-0.39, 0.29) is 12.1 Å². The maximum absolute atomic E-state index is 11.6. The molecule has 2 rings (SSSR count). The molecule has 0 unspecified atom stereocenters. The molecule has 4 heteroatoms. The van der Waals surface area contributed by atoms with Crippen molar-refractivity contribution in [3.63, 3.8) is 0 Å². The summed E-state index contributed by atoms with van der Waals surface area (Å²) in [6.45, 7) is 3.85. The van der Waals surface area contributed by atoms with Gasteiger partial charge in [0.25, 0.3) is 0 Å². The lowest BCUT2D eigenvalue weighted by Crippen LogP contribution is -2.34. The maximum Gasteiger partial charge on any atom is 0.319 e. The Kier molecular flexibility index (Phi) is 3.67. The highest BCUT2D eigenvalue weighted by Crippen LogP contribution is 2.14. The van der Waals surface area contributed by atoms with Gasteiger partial charge in [-0.1, -0.05) is 6.07 Å². The van der Waals surface area contributed by atoms with Gasteiger partial charge in [0.15, 0.2) is 0 Å². The number of hydrogen-bond donors (Lipinski definition) is 2. The van der Waals surface area contributed by atoms with Gasteiger partial charge >= 0.3 is 6.03 Å². The number of amides is 2. The molecule has 0 radical (unpaired) electrons. The number of carbonyl (C=O) groups excluding carboxylic acids is 1. The molecule has 2 N–H and O–H groups in total. The van der Waals surface area contributed by atoms with Gasteiger partial charge in [-0.25, -0.2) is 4.79 Å². The topological polar surface area (TPSA) is 46.1 Å². The van der Waals surface area contributed by atoms with Crippen LogP contribution in [0.2, 0.25) is 0 Å². The fraction of sp³-hybridized carbons (Fsp3) is 0.214.